The highest BCUT2D eigenvalue weighted by molar-refractivity contribution is 6.33. The minimum Gasteiger partial charge on any atom is -0.463 e. The van der Waals surface area contributed by atoms with Gasteiger partial charge in [0.05, 0.1) is 17.3 Å². The van der Waals surface area contributed by atoms with E-state index in [0.717, 1.165) is 0 Å². The molecule has 1 atom stereocenters. The number of benzene rings is 2. The molecular weight excluding hydrogens is 420 g/mol. The molecule has 2 aromatic carbocycles. The number of hydrogen-bond donors (Lipinski definition) is 2. The minimum absolute atomic E-state index is 0.0857. The molecule has 0 saturated heterocycles. The molecule has 0 radical (unpaired) electrons. The summed E-state index contributed by atoms with van der Waals surface area (Å²) in [5.74, 6) is -2.93. The maximum Gasteiger partial charge on any atom is 0.441 e. The molecule has 5 nitrogen and oxygen atoms in total. The first-order valence-corrected chi connectivity index (χ1v) is 8.71. The van der Waals surface area contributed by atoms with Gasteiger partial charge in [-0.1, -0.05) is 41.4 Å². The Balaban J connectivity index is 2.54. The highest BCUT2D eigenvalue weighted by Gasteiger charge is 2.63. The number of para-hydroxylation sites is 1. The van der Waals surface area contributed by atoms with Gasteiger partial charge in [-0.3, -0.25) is 4.79 Å². The fraction of sp³-hybridized carbons (Fsp3) is 0.222. The first kappa shape index (κ1) is 21.8. The Morgan fingerprint density at radius 3 is 2.32 bits per heavy atom. The van der Waals surface area contributed by atoms with Crippen molar-refractivity contribution < 1.29 is 27.5 Å². The van der Waals surface area contributed by atoms with Gasteiger partial charge < -0.3 is 15.4 Å². The standard InChI is InChI=1S/C18H15Cl2F3N2O3/c1-2-28-16(27)17(18(21,22)23,24-14-9-4-3-8-13(14)20)25-15(26)11-6-5-7-12(19)10-11/h3-10,24H,2H2,1H3,(H,25,26). The predicted octanol–water partition coefficient (Wildman–Crippen LogP) is 4.66. The third kappa shape index (κ3) is 4.69. The normalized spacial score (nSPS) is 13.4. The van der Waals surface area contributed by atoms with Gasteiger partial charge in [0.25, 0.3) is 5.91 Å². The van der Waals surface area contributed by atoms with E-state index in [-0.39, 0.29) is 27.9 Å². The van der Waals surface area contributed by atoms with Crippen LogP contribution >= 0.6 is 23.2 Å². The fourth-order valence-corrected chi connectivity index (χ4v) is 2.64. The van der Waals surface area contributed by atoms with Crippen LogP contribution in [-0.2, 0) is 9.53 Å². The van der Waals surface area contributed by atoms with E-state index >= 15 is 0 Å². The summed E-state index contributed by atoms with van der Waals surface area (Å²) in [5, 5.41) is 3.77. The molecule has 0 heterocycles. The summed E-state index contributed by atoms with van der Waals surface area (Å²) in [7, 11) is 0. The Bertz CT molecular complexity index is 877. The van der Waals surface area contributed by atoms with Crippen LogP contribution in [-0.4, -0.2) is 30.3 Å². The minimum atomic E-state index is -5.27. The quantitative estimate of drug-likeness (QED) is 0.512. The molecule has 0 bridgehead atoms. The van der Waals surface area contributed by atoms with E-state index in [1.807, 2.05) is 5.32 Å². The smallest absolute Gasteiger partial charge is 0.441 e. The summed E-state index contributed by atoms with van der Waals surface area (Å²) in [6.45, 7) is 1.00. The molecule has 2 aromatic rings. The lowest BCUT2D eigenvalue weighted by Gasteiger charge is -2.35. The third-order valence-corrected chi connectivity index (χ3v) is 4.16. The lowest BCUT2D eigenvalue weighted by Crippen LogP contribution is -2.69. The zero-order valence-electron chi connectivity index (χ0n) is 14.4. The summed E-state index contributed by atoms with van der Waals surface area (Å²) >= 11 is 11.7. The Kier molecular flexibility index (Phi) is 6.79. The van der Waals surface area contributed by atoms with Crippen LogP contribution in [0, 0.1) is 0 Å². The molecule has 0 aromatic heterocycles. The SMILES string of the molecule is CCOC(=O)C(NC(=O)c1cccc(Cl)c1)(Nc1ccccc1Cl)C(F)(F)F. The van der Waals surface area contributed by atoms with Gasteiger partial charge in [-0.2, -0.15) is 13.2 Å². The summed E-state index contributed by atoms with van der Waals surface area (Å²) in [4.78, 5) is 24.9. The monoisotopic (exact) mass is 434 g/mol. The summed E-state index contributed by atoms with van der Waals surface area (Å²) in [5.41, 5.74) is -3.97. The number of carbonyl (C=O) groups excluding carboxylic acids is 2. The maximum absolute atomic E-state index is 14.1. The third-order valence-electron chi connectivity index (χ3n) is 3.59. The number of rotatable bonds is 6. The van der Waals surface area contributed by atoms with Crippen LogP contribution in [0.3, 0.4) is 0 Å². The molecule has 0 saturated carbocycles. The molecule has 28 heavy (non-hydrogen) atoms. The van der Waals surface area contributed by atoms with Gasteiger partial charge in [0.15, 0.2) is 0 Å². The number of hydrogen-bond acceptors (Lipinski definition) is 4. The van der Waals surface area contributed by atoms with E-state index in [0.29, 0.717) is 0 Å². The number of anilines is 1. The molecule has 150 valence electrons. The molecule has 0 aliphatic carbocycles. The number of amides is 1. The van der Waals surface area contributed by atoms with Gasteiger partial charge in [0, 0.05) is 10.6 Å². The Labute approximate surface area is 168 Å². The second kappa shape index (κ2) is 8.70. The van der Waals surface area contributed by atoms with E-state index in [2.05, 4.69) is 4.74 Å². The molecule has 2 rings (SSSR count). The van der Waals surface area contributed by atoms with Crippen molar-refractivity contribution in [1.82, 2.24) is 5.32 Å². The second-order valence-corrected chi connectivity index (χ2v) is 6.38. The van der Waals surface area contributed by atoms with Crippen LogP contribution in [0.4, 0.5) is 18.9 Å². The largest absolute Gasteiger partial charge is 0.463 e. The second-order valence-electron chi connectivity index (χ2n) is 5.54. The van der Waals surface area contributed by atoms with Crippen molar-refractivity contribution in [2.45, 2.75) is 18.8 Å². The topological polar surface area (TPSA) is 67.4 Å². The van der Waals surface area contributed by atoms with E-state index in [1.54, 1.807) is 5.32 Å². The Hall–Kier alpha value is -2.45. The van der Waals surface area contributed by atoms with E-state index in [1.165, 1.54) is 55.5 Å². The number of esters is 1. The van der Waals surface area contributed by atoms with E-state index < -0.39 is 23.7 Å². The highest BCUT2D eigenvalue weighted by Crippen LogP contribution is 2.35. The van der Waals surface area contributed by atoms with Gasteiger partial charge >= 0.3 is 17.8 Å². The summed E-state index contributed by atoms with van der Waals surface area (Å²) in [6, 6.07) is 10.7. The van der Waals surface area contributed by atoms with Crippen LogP contribution in [0.1, 0.15) is 17.3 Å². The van der Waals surface area contributed by atoms with Crippen molar-refractivity contribution in [1.29, 1.82) is 0 Å². The van der Waals surface area contributed by atoms with E-state index in [9.17, 15) is 22.8 Å². The maximum atomic E-state index is 14.1. The number of halogens is 5. The molecule has 0 aliphatic rings. The molecule has 1 amide bonds. The van der Waals surface area contributed by atoms with Crippen molar-refractivity contribution >= 4 is 40.8 Å². The predicted molar refractivity (Wildman–Crippen MR) is 99.4 cm³/mol. The lowest BCUT2D eigenvalue weighted by molar-refractivity contribution is -0.204. The summed E-state index contributed by atoms with van der Waals surface area (Å²) < 4.78 is 46.8. The average Bonchev–Trinajstić information content (AvgIpc) is 2.62. The first-order chi connectivity index (χ1) is 13.1. The van der Waals surface area contributed by atoms with Crippen molar-refractivity contribution in [3.05, 3.63) is 64.1 Å². The summed E-state index contributed by atoms with van der Waals surface area (Å²) in [6.07, 6.45) is -5.27. The van der Waals surface area contributed by atoms with Gasteiger partial charge in [0.2, 0.25) is 0 Å². The Morgan fingerprint density at radius 1 is 1.07 bits per heavy atom. The van der Waals surface area contributed by atoms with Gasteiger partial charge in [-0.15, -0.1) is 0 Å². The van der Waals surface area contributed by atoms with Crippen molar-refractivity contribution in [2.24, 2.45) is 0 Å². The van der Waals surface area contributed by atoms with Gasteiger partial charge in [-0.25, -0.2) is 4.79 Å². The van der Waals surface area contributed by atoms with Gasteiger partial charge in [0.1, 0.15) is 0 Å². The molecule has 0 spiro atoms. The molecular formula is C18H15Cl2F3N2O3. The van der Waals surface area contributed by atoms with Crippen molar-refractivity contribution in [3.8, 4) is 0 Å². The van der Waals surface area contributed by atoms with Crippen molar-refractivity contribution in [3.63, 3.8) is 0 Å². The zero-order chi connectivity index (χ0) is 20.9. The number of alkyl halides is 3. The number of carbonyl (C=O) groups is 2. The van der Waals surface area contributed by atoms with Crippen LogP contribution < -0.4 is 10.6 Å². The number of nitrogens with one attached hydrogen (secondary N) is 2. The van der Waals surface area contributed by atoms with Crippen LogP contribution in [0.5, 0.6) is 0 Å². The number of ether oxygens (including phenoxy) is 1. The van der Waals surface area contributed by atoms with E-state index in [4.69, 9.17) is 23.2 Å². The fourth-order valence-electron chi connectivity index (χ4n) is 2.27. The van der Waals surface area contributed by atoms with Crippen LogP contribution in [0.2, 0.25) is 10.0 Å². The average molecular weight is 435 g/mol. The Morgan fingerprint density at radius 2 is 1.75 bits per heavy atom. The molecule has 1 unspecified atom stereocenters. The van der Waals surface area contributed by atoms with Crippen LogP contribution in [0.15, 0.2) is 48.5 Å². The van der Waals surface area contributed by atoms with Crippen LogP contribution in [0.25, 0.3) is 0 Å². The molecule has 0 aliphatic heterocycles. The van der Waals surface area contributed by atoms with Gasteiger partial charge in [-0.05, 0) is 37.3 Å². The molecule has 10 heteroatoms. The molecule has 2 N–H and O–H groups in total. The first-order valence-electron chi connectivity index (χ1n) is 7.95. The van der Waals surface area contributed by atoms with Crippen molar-refractivity contribution in [2.75, 3.05) is 11.9 Å². The lowest BCUT2D eigenvalue weighted by atomic mass is 10.1. The highest BCUT2D eigenvalue weighted by atomic mass is 35.5. The zero-order valence-corrected chi connectivity index (χ0v) is 16.0. The molecule has 0 fully saturated rings.